The molecule has 0 spiro atoms. The van der Waals surface area contributed by atoms with Gasteiger partial charge in [-0.05, 0) is 109 Å². The molecule has 3 unspecified atom stereocenters. The highest BCUT2D eigenvalue weighted by atomic mass is 31.2. The third-order valence-corrected chi connectivity index (χ3v) is 13.7. The Bertz CT molecular complexity index is 1650. The zero-order valence-electron chi connectivity index (χ0n) is 49.0. The van der Waals surface area contributed by atoms with Gasteiger partial charge in [-0.25, -0.2) is 4.57 Å². The van der Waals surface area contributed by atoms with E-state index in [9.17, 15) is 19.0 Å². The summed E-state index contributed by atoms with van der Waals surface area (Å²) in [5.41, 5.74) is 0. The van der Waals surface area contributed by atoms with Crippen LogP contribution in [-0.4, -0.2) is 74.3 Å². The number of esters is 1. The number of nitrogens with zero attached hydrogens (tertiary/aromatic N) is 1. The summed E-state index contributed by atoms with van der Waals surface area (Å²) in [7, 11) is 1.46. The lowest BCUT2D eigenvalue weighted by Crippen LogP contribution is -2.47. The quantitative estimate of drug-likeness (QED) is 0.0205. The van der Waals surface area contributed by atoms with Crippen LogP contribution >= 0.6 is 7.82 Å². The Kier molecular flexibility index (Phi) is 51.6. The van der Waals surface area contributed by atoms with Crippen LogP contribution in [0.1, 0.15) is 239 Å². The molecule has 0 fully saturated rings. The van der Waals surface area contributed by atoms with Crippen LogP contribution < -0.4 is 5.32 Å². The Balaban J connectivity index is 5.31. The summed E-state index contributed by atoms with van der Waals surface area (Å²) in [6.07, 6.45) is 73.7. The van der Waals surface area contributed by atoms with Gasteiger partial charge in [0, 0.05) is 12.8 Å². The number of ether oxygens (including phenoxy) is 1. The molecule has 0 aromatic carbocycles. The average Bonchev–Trinajstić information content (AvgIpc) is 3.37. The number of allylic oxidation sites excluding steroid dienone is 17. The molecule has 0 aromatic heterocycles. The van der Waals surface area contributed by atoms with E-state index in [0.29, 0.717) is 23.9 Å². The maximum absolute atomic E-state index is 13.5. The van der Waals surface area contributed by atoms with E-state index in [4.69, 9.17) is 13.8 Å². The molecule has 75 heavy (non-hydrogen) atoms. The number of likely N-dealkylation sites (N-methyl/N-ethyl adjacent to an activating group) is 1. The van der Waals surface area contributed by atoms with Crippen LogP contribution in [0.25, 0.3) is 0 Å². The summed E-state index contributed by atoms with van der Waals surface area (Å²) in [5.74, 6) is -0.551. The topological polar surface area (TPSA) is 111 Å². The van der Waals surface area contributed by atoms with Crippen LogP contribution in [0.5, 0.6) is 0 Å². The van der Waals surface area contributed by atoms with Crippen LogP contribution in [0.3, 0.4) is 0 Å². The van der Waals surface area contributed by atoms with E-state index in [1.165, 1.54) is 70.6 Å². The van der Waals surface area contributed by atoms with Gasteiger partial charge in [-0.1, -0.05) is 227 Å². The summed E-state index contributed by atoms with van der Waals surface area (Å²) in [6, 6.07) is -0.869. The first-order valence-electron chi connectivity index (χ1n) is 30.2. The molecule has 0 aliphatic carbocycles. The maximum atomic E-state index is 13.5. The fraction of sp³-hybridized carbons (Fsp3) is 0.692. The second-order valence-corrected chi connectivity index (χ2v) is 22.6. The summed E-state index contributed by atoms with van der Waals surface area (Å²) in [4.78, 5) is 37.6. The largest absolute Gasteiger partial charge is 0.472 e. The zero-order chi connectivity index (χ0) is 55.0. The number of hydrogen-bond donors (Lipinski definition) is 2. The Morgan fingerprint density at radius 3 is 1.28 bits per heavy atom. The second kappa shape index (κ2) is 54.0. The lowest BCUT2D eigenvalue weighted by molar-refractivity contribution is -0.870. The van der Waals surface area contributed by atoms with Gasteiger partial charge in [0.25, 0.3) is 0 Å². The van der Waals surface area contributed by atoms with E-state index >= 15 is 0 Å². The molecule has 0 heterocycles. The molecular formula is C65H114N2O7P+. The van der Waals surface area contributed by atoms with Crippen molar-refractivity contribution >= 4 is 19.7 Å². The standard InChI is InChI=1S/C65H113N2O7P/c1-7-10-13-16-19-22-25-28-30-31-32-33-34-35-36-37-38-40-43-46-49-52-55-58-65(69)74-63(56-53-50-47-44-41-27-24-21-18-15-12-9-3)62(61-73-75(70,71)72-60-59-67(4,5)6)66-64(68)57-54-51-48-45-42-39-29-26-23-20-17-14-11-8-2/h10-11,13-14,19-20,22-23,28,30,32-33,35-36,38,40,53,56,62-63H,7-9,12,15-18,21,24-27,29,31,34,37,39,41-52,54-55,57-61H2,1-6H3,(H-,66,68,70,71)/p+1/b13-10-,14-11+,22-19-,23-20+,30-28-,33-32-,36-35-,40-38-,56-53-. The van der Waals surface area contributed by atoms with Gasteiger partial charge in [-0.15, -0.1) is 0 Å². The van der Waals surface area contributed by atoms with Gasteiger partial charge in [0.05, 0.1) is 33.8 Å². The lowest BCUT2D eigenvalue weighted by atomic mass is 10.0. The van der Waals surface area contributed by atoms with Crippen molar-refractivity contribution in [1.29, 1.82) is 0 Å². The van der Waals surface area contributed by atoms with Crippen LogP contribution in [0, 0.1) is 0 Å². The molecule has 0 aliphatic rings. The Labute approximate surface area is 461 Å². The van der Waals surface area contributed by atoms with Crippen LogP contribution in [0.4, 0.5) is 0 Å². The normalized spacial score (nSPS) is 14.5. The van der Waals surface area contributed by atoms with Crippen molar-refractivity contribution in [3.63, 3.8) is 0 Å². The Morgan fingerprint density at radius 2 is 0.853 bits per heavy atom. The fourth-order valence-electron chi connectivity index (χ4n) is 8.10. The predicted molar refractivity (Wildman–Crippen MR) is 323 cm³/mol. The third-order valence-electron chi connectivity index (χ3n) is 12.7. The van der Waals surface area contributed by atoms with Crippen molar-refractivity contribution in [2.45, 2.75) is 251 Å². The fourth-order valence-corrected chi connectivity index (χ4v) is 8.83. The molecule has 0 saturated heterocycles. The molecule has 1 amide bonds. The minimum atomic E-state index is -4.46. The second-order valence-electron chi connectivity index (χ2n) is 21.1. The SMILES string of the molecule is CC/C=C\C/C=C\C/C=C\C/C=C\C/C=C\C/C=C\CCCCCCC(=O)OC(/C=C\CCCCCCCCCCCC)C(COP(=O)(O)OCC[N+](C)(C)C)NC(=O)CCCCCCCCC/C=C/C/C=C/CC. The number of unbranched alkanes of at least 4 members (excludes halogenated alkanes) is 21. The predicted octanol–water partition coefficient (Wildman–Crippen LogP) is 18.6. The molecule has 430 valence electrons. The molecule has 0 radical (unpaired) electrons. The van der Waals surface area contributed by atoms with Crippen molar-refractivity contribution in [1.82, 2.24) is 5.32 Å². The van der Waals surface area contributed by atoms with Crippen LogP contribution in [0.2, 0.25) is 0 Å². The molecule has 9 nitrogen and oxygen atoms in total. The van der Waals surface area contributed by atoms with E-state index in [1.54, 1.807) is 0 Å². The number of carbonyl (C=O) groups is 2. The minimum Gasteiger partial charge on any atom is -0.456 e. The van der Waals surface area contributed by atoms with Gasteiger partial charge < -0.3 is 19.4 Å². The van der Waals surface area contributed by atoms with Gasteiger partial charge in [0.1, 0.15) is 19.3 Å². The molecule has 3 atom stereocenters. The first-order chi connectivity index (χ1) is 36.4. The van der Waals surface area contributed by atoms with Crippen molar-refractivity contribution < 1.29 is 37.3 Å². The van der Waals surface area contributed by atoms with Gasteiger partial charge in [-0.3, -0.25) is 18.6 Å². The molecule has 2 N–H and O–H groups in total. The molecule has 10 heteroatoms. The van der Waals surface area contributed by atoms with E-state index < -0.39 is 20.0 Å². The summed E-state index contributed by atoms with van der Waals surface area (Å²) < 4.78 is 30.6. The minimum absolute atomic E-state index is 0.0286. The van der Waals surface area contributed by atoms with Crippen molar-refractivity contribution in [2.24, 2.45) is 0 Å². The Hall–Kier alpha value is -3.33. The smallest absolute Gasteiger partial charge is 0.456 e. The summed E-state index contributed by atoms with van der Waals surface area (Å²) in [5, 5.41) is 3.04. The zero-order valence-corrected chi connectivity index (χ0v) is 49.9. The maximum Gasteiger partial charge on any atom is 0.472 e. The number of rotatable bonds is 53. The number of carbonyl (C=O) groups excluding carboxylic acids is 2. The van der Waals surface area contributed by atoms with Crippen molar-refractivity contribution in [3.05, 3.63) is 109 Å². The molecule has 0 saturated carbocycles. The van der Waals surface area contributed by atoms with E-state index in [-0.39, 0.29) is 31.5 Å². The van der Waals surface area contributed by atoms with Gasteiger partial charge >= 0.3 is 13.8 Å². The highest BCUT2D eigenvalue weighted by molar-refractivity contribution is 7.47. The number of amides is 1. The molecule has 0 aliphatic heterocycles. The van der Waals surface area contributed by atoms with Crippen molar-refractivity contribution in [2.75, 3.05) is 40.9 Å². The van der Waals surface area contributed by atoms with Crippen LogP contribution in [0.15, 0.2) is 109 Å². The molecule has 0 rings (SSSR count). The number of hydrogen-bond acceptors (Lipinski definition) is 6. The lowest BCUT2D eigenvalue weighted by Gasteiger charge is -2.27. The van der Waals surface area contributed by atoms with E-state index in [2.05, 4.69) is 123 Å². The summed E-state index contributed by atoms with van der Waals surface area (Å²) in [6.45, 7) is 6.75. The number of nitrogens with one attached hydrogen (secondary N) is 1. The van der Waals surface area contributed by atoms with Crippen molar-refractivity contribution in [3.8, 4) is 0 Å². The van der Waals surface area contributed by atoms with E-state index in [1.807, 2.05) is 33.3 Å². The average molecular weight is 1070 g/mol. The number of quaternary nitrogens is 1. The molecular weight excluding hydrogens is 952 g/mol. The third kappa shape index (κ3) is 55.2. The van der Waals surface area contributed by atoms with Gasteiger partial charge in [0.15, 0.2) is 0 Å². The molecule has 0 bridgehead atoms. The summed E-state index contributed by atoms with van der Waals surface area (Å²) >= 11 is 0. The molecule has 0 aromatic rings. The first-order valence-corrected chi connectivity index (χ1v) is 31.7. The monoisotopic (exact) mass is 1070 g/mol. The Morgan fingerprint density at radius 1 is 0.480 bits per heavy atom. The van der Waals surface area contributed by atoms with Crippen LogP contribution in [-0.2, 0) is 27.9 Å². The highest BCUT2D eigenvalue weighted by Gasteiger charge is 2.30. The van der Waals surface area contributed by atoms with Gasteiger partial charge in [0.2, 0.25) is 5.91 Å². The van der Waals surface area contributed by atoms with Gasteiger partial charge in [-0.2, -0.15) is 0 Å². The number of phosphoric acid groups is 1. The first kappa shape index (κ1) is 71.7. The number of phosphoric ester groups is 1. The highest BCUT2D eigenvalue weighted by Crippen LogP contribution is 2.43. The van der Waals surface area contributed by atoms with E-state index in [0.717, 1.165) is 128 Å².